The molecule has 0 amide bonds. The summed E-state index contributed by atoms with van der Waals surface area (Å²) in [6.07, 6.45) is 5.38. The minimum absolute atomic E-state index is 0.343. The van der Waals surface area contributed by atoms with Crippen LogP contribution in [0.3, 0.4) is 0 Å². The second-order valence-electron chi connectivity index (χ2n) is 2.26. The van der Waals surface area contributed by atoms with Crippen LogP contribution in [0.15, 0.2) is 12.2 Å². The minimum Gasteiger partial charge on any atom is -0.324 e. The molecule has 1 aliphatic rings. The molecule has 0 saturated carbocycles. The van der Waals surface area contributed by atoms with Gasteiger partial charge in [0.1, 0.15) is 0 Å². The molecule has 7 heavy (non-hydrogen) atoms. The number of hydrogen-bond acceptors (Lipinski definition) is 1. The molecule has 0 radical (unpaired) electrons. The molecule has 0 aromatic heterocycles. The summed E-state index contributed by atoms with van der Waals surface area (Å²) >= 11 is 0. The Hall–Kier alpha value is -0.300. The molecule has 1 rings (SSSR count). The fourth-order valence-electron chi connectivity index (χ4n) is 0.919. The molecule has 1 nitrogen and oxygen atoms in total. The molecular formula is C6H11N. The monoisotopic (exact) mass is 97.1 g/mol. The highest BCUT2D eigenvalue weighted by Crippen LogP contribution is 2.13. The Labute approximate surface area is 44.2 Å². The van der Waals surface area contributed by atoms with Gasteiger partial charge in [0.05, 0.1) is 0 Å². The van der Waals surface area contributed by atoms with Gasteiger partial charge in [-0.1, -0.05) is 19.1 Å². The van der Waals surface area contributed by atoms with Crippen LogP contribution in [0.25, 0.3) is 0 Å². The molecule has 0 bridgehead atoms. The fraction of sp³-hybridized carbons (Fsp3) is 0.667. The van der Waals surface area contributed by atoms with Crippen molar-refractivity contribution >= 4 is 0 Å². The van der Waals surface area contributed by atoms with Gasteiger partial charge >= 0.3 is 0 Å². The van der Waals surface area contributed by atoms with Crippen LogP contribution in [-0.2, 0) is 0 Å². The molecular weight excluding hydrogens is 86.1 g/mol. The van der Waals surface area contributed by atoms with Crippen LogP contribution in [0.4, 0.5) is 0 Å². The van der Waals surface area contributed by atoms with Crippen LogP contribution >= 0.6 is 0 Å². The van der Waals surface area contributed by atoms with Gasteiger partial charge in [0.25, 0.3) is 0 Å². The maximum atomic E-state index is 5.54. The molecule has 0 aromatic rings. The molecule has 1 aliphatic carbocycles. The molecule has 0 aromatic carbocycles. The quantitative estimate of drug-likeness (QED) is 0.447. The van der Waals surface area contributed by atoms with Gasteiger partial charge in [-0.15, -0.1) is 0 Å². The van der Waals surface area contributed by atoms with Crippen molar-refractivity contribution in [3.8, 4) is 0 Å². The third-order valence-electron chi connectivity index (χ3n) is 1.33. The third kappa shape index (κ3) is 1.03. The van der Waals surface area contributed by atoms with Crippen molar-refractivity contribution < 1.29 is 0 Å². The summed E-state index contributed by atoms with van der Waals surface area (Å²) < 4.78 is 0. The third-order valence-corrected chi connectivity index (χ3v) is 1.33. The summed E-state index contributed by atoms with van der Waals surface area (Å²) in [5.41, 5.74) is 5.54. The smallest absolute Gasteiger partial charge is 0.0229 e. The minimum atomic E-state index is 0.343. The van der Waals surface area contributed by atoms with E-state index in [1.54, 1.807) is 0 Å². The van der Waals surface area contributed by atoms with Crippen molar-refractivity contribution in [1.29, 1.82) is 0 Å². The highest BCUT2D eigenvalue weighted by atomic mass is 14.6. The van der Waals surface area contributed by atoms with Crippen LogP contribution in [-0.4, -0.2) is 6.04 Å². The van der Waals surface area contributed by atoms with E-state index in [0.717, 1.165) is 12.3 Å². The largest absolute Gasteiger partial charge is 0.324 e. The lowest BCUT2D eigenvalue weighted by Gasteiger charge is -1.97. The Morgan fingerprint density at radius 3 is 2.43 bits per heavy atom. The van der Waals surface area contributed by atoms with Gasteiger partial charge in [-0.2, -0.15) is 0 Å². The first-order valence-corrected chi connectivity index (χ1v) is 2.73. The Morgan fingerprint density at radius 1 is 1.57 bits per heavy atom. The zero-order chi connectivity index (χ0) is 5.28. The molecule has 0 spiro atoms. The average molecular weight is 97.2 g/mol. The molecule has 0 aliphatic heterocycles. The number of rotatable bonds is 0. The number of nitrogens with two attached hydrogens (primary N) is 1. The van der Waals surface area contributed by atoms with Crippen LogP contribution in [0.5, 0.6) is 0 Å². The molecule has 2 N–H and O–H groups in total. The fourth-order valence-corrected chi connectivity index (χ4v) is 0.919. The van der Waals surface area contributed by atoms with Gasteiger partial charge in [0.2, 0.25) is 0 Å². The van der Waals surface area contributed by atoms with Gasteiger partial charge in [-0.05, 0) is 12.3 Å². The molecule has 0 fully saturated rings. The summed E-state index contributed by atoms with van der Waals surface area (Å²) in [5, 5.41) is 0. The van der Waals surface area contributed by atoms with E-state index < -0.39 is 0 Å². The summed E-state index contributed by atoms with van der Waals surface area (Å²) in [6, 6.07) is 0.343. The summed E-state index contributed by atoms with van der Waals surface area (Å²) in [4.78, 5) is 0. The highest BCUT2D eigenvalue weighted by molar-refractivity contribution is 5.02. The second-order valence-corrected chi connectivity index (χ2v) is 2.26. The van der Waals surface area contributed by atoms with Crippen LogP contribution in [0, 0.1) is 5.92 Å². The maximum Gasteiger partial charge on any atom is 0.0229 e. The predicted molar refractivity (Wildman–Crippen MR) is 30.9 cm³/mol. The van der Waals surface area contributed by atoms with E-state index in [9.17, 15) is 0 Å². The topological polar surface area (TPSA) is 26.0 Å². The maximum absolute atomic E-state index is 5.54. The number of hydrogen-bond donors (Lipinski definition) is 1. The Bertz CT molecular complexity index is 76.2. The van der Waals surface area contributed by atoms with Gasteiger partial charge in [0, 0.05) is 6.04 Å². The predicted octanol–water partition coefficient (Wildman–Crippen LogP) is 0.910. The number of allylic oxidation sites excluding steroid dienone is 1. The van der Waals surface area contributed by atoms with Gasteiger partial charge in [0.15, 0.2) is 0 Å². The molecule has 40 valence electrons. The summed E-state index contributed by atoms with van der Waals surface area (Å²) in [6.45, 7) is 2.18. The Balaban J connectivity index is 2.42. The van der Waals surface area contributed by atoms with E-state index in [1.807, 2.05) is 0 Å². The van der Waals surface area contributed by atoms with Crippen molar-refractivity contribution in [2.45, 2.75) is 19.4 Å². The summed E-state index contributed by atoms with van der Waals surface area (Å²) in [5.74, 6) is 0.718. The van der Waals surface area contributed by atoms with Gasteiger partial charge < -0.3 is 5.73 Å². The average Bonchev–Trinajstić information content (AvgIpc) is 1.87. The molecule has 0 heterocycles. The van der Waals surface area contributed by atoms with Crippen molar-refractivity contribution in [2.75, 3.05) is 0 Å². The van der Waals surface area contributed by atoms with E-state index in [2.05, 4.69) is 19.1 Å². The van der Waals surface area contributed by atoms with Crippen molar-refractivity contribution in [3.05, 3.63) is 12.2 Å². The van der Waals surface area contributed by atoms with Crippen molar-refractivity contribution in [3.63, 3.8) is 0 Å². The lowest BCUT2D eigenvalue weighted by molar-refractivity contribution is 0.641. The molecule has 0 saturated heterocycles. The lowest BCUT2D eigenvalue weighted by atomic mass is 10.1. The zero-order valence-electron chi connectivity index (χ0n) is 4.59. The first-order valence-electron chi connectivity index (χ1n) is 2.73. The summed E-state index contributed by atoms with van der Waals surface area (Å²) in [7, 11) is 0. The van der Waals surface area contributed by atoms with Crippen LogP contribution in [0.2, 0.25) is 0 Å². The SMILES string of the molecule is C[C@@H]1C=C[C@H](N)C1. The van der Waals surface area contributed by atoms with Crippen molar-refractivity contribution in [1.82, 2.24) is 0 Å². The highest BCUT2D eigenvalue weighted by Gasteiger charge is 2.08. The zero-order valence-corrected chi connectivity index (χ0v) is 4.59. The first-order chi connectivity index (χ1) is 3.29. The van der Waals surface area contributed by atoms with E-state index in [4.69, 9.17) is 5.73 Å². The standard InChI is InChI=1S/C6H11N/c1-5-2-3-6(7)4-5/h2-3,5-6H,4,7H2,1H3/t5-,6+/m1/s1. The van der Waals surface area contributed by atoms with Crippen LogP contribution in [0.1, 0.15) is 13.3 Å². The van der Waals surface area contributed by atoms with E-state index in [1.165, 1.54) is 0 Å². The van der Waals surface area contributed by atoms with Crippen molar-refractivity contribution in [2.24, 2.45) is 11.7 Å². The second kappa shape index (κ2) is 1.66. The molecule has 0 unspecified atom stereocenters. The Morgan fingerprint density at radius 2 is 2.29 bits per heavy atom. The lowest BCUT2D eigenvalue weighted by Crippen LogP contribution is -2.13. The molecule has 2 atom stereocenters. The van der Waals surface area contributed by atoms with E-state index in [-0.39, 0.29) is 0 Å². The van der Waals surface area contributed by atoms with Gasteiger partial charge in [-0.3, -0.25) is 0 Å². The van der Waals surface area contributed by atoms with E-state index >= 15 is 0 Å². The molecule has 1 heteroatoms. The van der Waals surface area contributed by atoms with E-state index in [0.29, 0.717) is 6.04 Å². The van der Waals surface area contributed by atoms with Crippen LogP contribution < -0.4 is 5.73 Å². The first kappa shape index (κ1) is 4.85. The Kier molecular flexibility index (Phi) is 1.15. The normalized spacial score (nSPS) is 39.7. The van der Waals surface area contributed by atoms with Gasteiger partial charge in [-0.25, -0.2) is 0 Å².